The summed E-state index contributed by atoms with van der Waals surface area (Å²) in [7, 11) is 0. The molecular weight excluding hydrogens is 239 g/mol. The van der Waals surface area contributed by atoms with Crippen molar-refractivity contribution in [3.8, 4) is 0 Å². The summed E-state index contributed by atoms with van der Waals surface area (Å²) in [6.45, 7) is 4.42. The average Bonchev–Trinajstić information content (AvgIpc) is 2.26. The maximum absolute atomic E-state index is 13.1. The third kappa shape index (κ3) is 2.83. The molecule has 1 saturated heterocycles. The van der Waals surface area contributed by atoms with Crippen LogP contribution in [0.3, 0.4) is 0 Å². The van der Waals surface area contributed by atoms with Crippen molar-refractivity contribution in [1.29, 1.82) is 0 Å². The molecule has 0 aliphatic carbocycles. The molecule has 1 fully saturated rings. The highest BCUT2D eigenvalue weighted by Gasteiger charge is 2.32. The fourth-order valence-corrected chi connectivity index (χ4v) is 1.93. The molecule has 1 aromatic carbocycles. The van der Waals surface area contributed by atoms with Gasteiger partial charge in [-0.3, -0.25) is 10.1 Å². The van der Waals surface area contributed by atoms with Crippen molar-refractivity contribution in [3.63, 3.8) is 0 Å². The molecule has 18 heavy (non-hydrogen) atoms. The van der Waals surface area contributed by atoms with Gasteiger partial charge in [0.25, 0.3) is 5.69 Å². The summed E-state index contributed by atoms with van der Waals surface area (Å²) in [5.41, 5.74) is 0.394. The molecule has 5 nitrogen and oxygen atoms in total. The summed E-state index contributed by atoms with van der Waals surface area (Å²) in [6, 6.07) is 3.49. The molecule has 1 aromatic rings. The van der Waals surface area contributed by atoms with Gasteiger partial charge < -0.3 is 10.1 Å². The largest absolute Gasteiger partial charge is 0.380 e. The molecule has 1 heterocycles. The van der Waals surface area contributed by atoms with Gasteiger partial charge in [-0.05, 0) is 12.1 Å². The predicted octanol–water partition coefficient (Wildman–Crippen LogP) is 1.86. The van der Waals surface area contributed by atoms with Crippen LogP contribution in [0.4, 0.5) is 10.1 Å². The van der Waals surface area contributed by atoms with Crippen LogP contribution >= 0.6 is 0 Å². The Balaban J connectivity index is 1.99. The Kier molecular flexibility index (Phi) is 3.58. The van der Waals surface area contributed by atoms with E-state index in [0.29, 0.717) is 25.3 Å². The molecule has 6 heteroatoms. The number of nitro groups is 1. The van der Waals surface area contributed by atoms with Crippen LogP contribution in [-0.2, 0) is 11.3 Å². The Morgan fingerprint density at radius 3 is 2.83 bits per heavy atom. The van der Waals surface area contributed by atoms with Gasteiger partial charge in [-0.1, -0.05) is 6.92 Å². The van der Waals surface area contributed by atoms with Crippen LogP contribution in [0, 0.1) is 21.3 Å². The van der Waals surface area contributed by atoms with Gasteiger partial charge in [0.15, 0.2) is 0 Å². The Labute approximate surface area is 104 Å². The minimum absolute atomic E-state index is 0.0566. The van der Waals surface area contributed by atoms with Crippen molar-refractivity contribution in [2.75, 3.05) is 19.8 Å². The fourth-order valence-electron chi connectivity index (χ4n) is 1.93. The number of nitrogens with one attached hydrogen (secondary N) is 1. The highest BCUT2D eigenvalue weighted by molar-refractivity contribution is 5.40. The zero-order chi connectivity index (χ0) is 13.2. The molecule has 0 radical (unpaired) electrons. The van der Waals surface area contributed by atoms with Crippen LogP contribution in [0.2, 0.25) is 0 Å². The number of hydrogen-bond acceptors (Lipinski definition) is 4. The molecular formula is C12H15FN2O3. The number of nitrogens with zero attached hydrogens (tertiary/aromatic N) is 1. The molecule has 0 saturated carbocycles. The van der Waals surface area contributed by atoms with E-state index in [9.17, 15) is 14.5 Å². The quantitative estimate of drug-likeness (QED) is 0.643. The first kappa shape index (κ1) is 12.9. The molecule has 1 aliphatic heterocycles. The van der Waals surface area contributed by atoms with Crippen LogP contribution in [0.5, 0.6) is 0 Å². The van der Waals surface area contributed by atoms with Gasteiger partial charge in [0.1, 0.15) is 5.82 Å². The third-order valence-corrected chi connectivity index (χ3v) is 3.01. The summed E-state index contributed by atoms with van der Waals surface area (Å²) >= 11 is 0. The Bertz CT molecular complexity index is 461. The first-order valence-corrected chi connectivity index (χ1v) is 5.71. The van der Waals surface area contributed by atoms with Gasteiger partial charge in [-0.2, -0.15) is 0 Å². The number of ether oxygens (including phenoxy) is 1. The molecule has 0 bridgehead atoms. The van der Waals surface area contributed by atoms with Gasteiger partial charge in [0.2, 0.25) is 0 Å². The fraction of sp³-hybridized carbons (Fsp3) is 0.500. The van der Waals surface area contributed by atoms with E-state index in [1.165, 1.54) is 12.1 Å². The van der Waals surface area contributed by atoms with E-state index in [-0.39, 0.29) is 17.6 Å². The van der Waals surface area contributed by atoms with Crippen molar-refractivity contribution in [2.45, 2.75) is 13.5 Å². The average molecular weight is 254 g/mol. The maximum atomic E-state index is 13.1. The minimum atomic E-state index is -0.495. The molecule has 0 aromatic heterocycles. The molecule has 1 N–H and O–H groups in total. The second kappa shape index (κ2) is 4.99. The number of hydrogen-bond donors (Lipinski definition) is 1. The van der Waals surface area contributed by atoms with Crippen molar-refractivity contribution >= 4 is 5.69 Å². The van der Waals surface area contributed by atoms with Gasteiger partial charge in [0, 0.05) is 30.1 Å². The first-order valence-electron chi connectivity index (χ1n) is 5.71. The zero-order valence-electron chi connectivity index (χ0n) is 10.1. The third-order valence-electron chi connectivity index (χ3n) is 3.01. The van der Waals surface area contributed by atoms with E-state index < -0.39 is 10.7 Å². The van der Waals surface area contributed by atoms with Gasteiger partial charge in [0.05, 0.1) is 18.1 Å². The number of rotatable bonds is 5. The Hall–Kier alpha value is -1.53. The Morgan fingerprint density at radius 2 is 2.28 bits per heavy atom. The summed E-state index contributed by atoms with van der Waals surface area (Å²) < 4.78 is 18.2. The van der Waals surface area contributed by atoms with Crippen LogP contribution in [0.1, 0.15) is 12.5 Å². The van der Waals surface area contributed by atoms with Crippen molar-refractivity contribution in [1.82, 2.24) is 5.32 Å². The van der Waals surface area contributed by atoms with E-state index in [0.717, 1.165) is 6.07 Å². The minimum Gasteiger partial charge on any atom is -0.380 e. The maximum Gasteiger partial charge on any atom is 0.274 e. The summed E-state index contributed by atoms with van der Waals surface area (Å²) in [6.07, 6.45) is 0. The number of nitro benzene ring substituents is 1. The van der Waals surface area contributed by atoms with Gasteiger partial charge >= 0.3 is 0 Å². The molecule has 0 spiro atoms. The number of benzene rings is 1. The molecule has 1 aliphatic rings. The van der Waals surface area contributed by atoms with E-state index in [2.05, 4.69) is 12.2 Å². The standard InChI is InChI=1S/C12H15FN2O3/c1-12(7-18-8-12)6-14-5-9-4-10(13)2-3-11(9)15(16)17/h2-4,14H,5-8H2,1H3. The Morgan fingerprint density at radius 1 is 1.56 bits per heavy atom. The predicted molar refractivity (Wildman–Crippen MR) is 63.7 cm³/mol. The SMILES string of the molecule is CC1(CNCc2cc(F)ccc2[N+](=O)[O-])COC1. The topological polar surface area (TPSA) is 64.4 Å². The van der Waals surface area contributed by atoms with Crippen molar-refractivity contribution in [2.24, 2.45) is 5.41 Å². The van der Waals surface area contributed by atoms with Gasteiger partial charge in [-0.15, -0.1) is 0 Å². The lowest BCUT2D eigenvalue weighted by Crippen LogP contribution is -2.47. The van der Waals surface area contributed by atoms with E-state index >= 15 is 0 Å². The van der Waals surface area contributed by atoms with Crippen LogP contribution in [-0.4, -0.2) is 24.7 Å². The highest BCUT2D eigenvalue weighted by atomic mass is 19.1. The lowest BCUT2D eigenvalue weighted by Gasteiger charge is -2.38. The lowest BCUT2D eigenvalue weighted by molar-refractivity contribution is -0.385. The first-order chi connectivity index (χ1) is 8.50. The van der Waals surface area contributed by atoms with Crippen molar-refractivity contribution in [3.05, 3.63) is 39.7 Å². The smallest absolute Gasteiger partial charge is 0.274 e. The molecule has 98 valence electrons. The number of halogens is 1. The lowest BCUT2D eigenvalue weighted by atomic mass is 9.89. The zero-order valence-corrected chi connectivity index (χ0v) is 10.1. The normalized spacial score (nSPS) is 17.2. The summed E-state index contributed by atoms with van der Waals surface area (Å²) in [4.78, 5) is 10.3. The molecule has 0 atom stereocenters. The summed E-state index contributed by atoms with van der Waals surface area (Å²) in [5, 5.41) is 13.9. The van der Waals surface area contributed by atoms with E-state index in [1.54, 1.807) is 0 Å². The molecule has 0 amide bonds. The second-order valence-electron chi connectivity index (χ2n) is 4.94. The van der Waals surface area contributed by atoms with Gasteiger partial charge in [-0.25, -0.2) is 4.39 Å². The highest BCUT2D eigenvalue weighted by Crippen LogP contribution is 2.26. The summed E-state index contributed by atoms with van der Waals surface area (Å²) in [5.74, 6) is -0.462. The van der Waals surface area contributed by atoms with Crippen LogP contribution in [0.25, 0.3) is 0 Å². The second-order valence-corrected chi connectivity index (χ2v) is 4.94. The van der Waals surface area contributed by atoms with Crippen LogP contribution in [0.15, 0.2) is 18.2 Å². The van der Waals surface area contributed by atoms with E-state index in [1.807, 2.05) is 0 Å². The van der Waals surface area contributed by atoms with Crippen molar-refractivity contribution < 1.29 is 14.1 Å². The monoisotopic (exact) mass is 254 g/mol. The van der Waals surface area contributed by atoms with E-state index in [4.69, 9.17) is 4.74 Å². The molecule has 0 unspecified atom stereocenters. The molecule has 2 rings (SSSR count). The van der Waals surface area contributed by atoms with Crippen LogP contribution < -0.4 is 5.32 Å².